The van der Waals surface area contributed by atoms with Gasteiger partial charge in [-0.25, -0.2) is 19.4 Å². The van der Waals surface area contributed by atoms with Crippen LogP contribution in [0.25, 0.3) is 0 Å². The number of hydrogen-bond donors (Lipinski definition) is 0. The van der Waals surface area contributed by atoms with Crippen LogP contribution in [0.2, 0.25) is 10.0 Å². The Kier molecular flexibility index (Phi) is 8.00. The van der Waals surface area contributed by atoms with E-state index in [-0.39, 0.29) is 5.69 Å². The Hall–Kier alpha value is -2.09. The van der Waals surface area contributed by atoms with Crippen LogP contribution in [0.1, 0.15) is 52.0 Å². The summed E-state index contributed by atoms with van der Waals surface area (Å²) >= 11 is 15.4. The van der Waals surface area contributed by atoms with Gasteiger partial charge in [-0.1, -0.05) is 69.7 Å². The molecule has 6 nitrogen and oxygen atoms in total. The van der Waals surface area contributed by atoms with Crippen LogP contribution in [-0.2, 0) is 9.53 Å². The minimum Gasteiger partial charge on any atom is -0.443 e. The van der Waals surface area contributed by atoms with Crippen molar-refractivity contribution in [3.8, 4) is 0 Å². The minimum absolute atomic E-state index is 0.245. The molecule has 1 aliphatic heterocycles. The van der Waals surface area contributed by atoms with Gasteiger partial charge in [0.25, 0.3) is 5.91 Å². The van der Waals surface area contributed by atoms with Gasteiger partial charge in [0.2, 0.25) is 0 Å². The van der Waals surface area contributed by atoms with Crippen molar-refractivity contribution in [2.75, 3.05) is 4.90 Å². The number of imide groups is 2. The molecule has 1 saturated heterocycles. The zero-order valence-electron chi connectivity index (χ0n) is 19.5. The Bertz CT molecular complexity index is 1050. The van der Waals surface area contributed by atoms with Gasteiger partial charge in [0.15, 0.2) is 0 Å². The molecular formula is C25H27BrCl2N2O4. The average molecular weight is 570 g/mol. The number of anilines is 1. The number of carbonyl (C=O) groups excluding carboxylic acids is 3. The molecule has 4 rings (SSSR count). The van der Waals surface area contributed by atoms with Gasteiger partial charge < -0.3 is 4.74 Å². The third-order valence-electron chi connectivity index (χ3n) is 5.53. The molecule has 2 aliphatic rings. The van der Waals surface area contributed by atoms with Crippen LogP contribution >= 0.6 is 39.1 Å². The van der Waals surface area contributed by atoms with Gasteiger partial charge in [-0.15, -0.1) is 0 Å². The van der Waals surface area contributed by atoms with Gasteiger partial charge in [-0.05, 0) is 70.9 Å². The summed E-state index contributed by atoms with van der Waals surface area (Å²) in [5.74, 6) is -0.441. The van der Waals surface area contributed by atoms with Crippen molar-refractivity contribution in [3.63, 3.8) is 0 Å². The van der Waals surface area contributed by atoms with Gasteiger partial charge in [0.05, 0.1) is 5.69 Å². The fourth-order valence-electron chi connectivity index (χ4n) is 4.06. The summed E-state index contributed by atoms with van der Waals surface area (Å²) in [5.41, 5.74) is -0.440. The van der Waals surface area contributed by atoms with Gasteiger partial charge in [0, 0.05) is 14.5 Å². The minimum atomic E-state index is -1.20. The Morgan fingerprint density at radius 3 is 2.00 bits per heavy atom. The van der Waals surface area contributed by atoms with Crippen molar-refractivity contribution in [2.24, 2.45) is 0 Å². The fraction of sp³-hybridized carbons (Fsp3) is 0.400. The molecule has 0 bridgehead atoms. The van der Waals surface area contributed by atoms with E-state index in [0.717, 1.165) is 27.1 Å². The fourth-order valence-corrected chi connectivity index (χ4v) is 4.84. The van der Waals surface area contributed by atoms with E-state index in [9.17, 15) is 14.4 Å². The predicted molar refractivity (Wildman–Crippen MR) is 137 cm³/mol. The van der Waals surface area contributed by atoms with E-state index >= 15 is 0 Å². The number of hydrogen-bond acceptors (Lipinski definition) is 4. The molecule has 0 N–H and O–H groups in total. The second kappa shape index (κ2) is 10.3. The van der Waals surface area contributed by atoms with Crippen molar-refractivity contribution in [3.05, 3.63) is 62.5 Å². The third-order valence-corrected chi connectivity index (χ3v) is 6.50. The van der Waals surface area contributed by atoms with Crippen LogP contribution < -0.4 is 4.90 Å². The normalized spacial score (nSPS) is 17.1. The Morgan fingerprint density at radius 1 is 1.00 bits per heavy atom. The first-order chi connectivity index (χ1) is 15.8. The number of carbonyl (C=O) groups is 3. The average Bonchev–Trinajstić information content (AvgIpc) is 3.27. The maximum Gasteiger partial charge on any atom is 0.419 e. The molecule has 0 atom stereocenters. The van der Waals surface area contributed by atoms with E-state index in [4.69, 9.17) is 27.9 Å². The lowest BCUT2D eigenvalue weighted by Gasteiger charge is -2.31. The molecule has 4 amide bonds. The monoisotopic (exact) mass is 568 g/mol. The summed E-state index contributed by atoms with van der Waals surface area (Å²) in [7, 11) is 0. The lowest BCUT2D eigenvalue weighted by atomic mass is 9.96. The molecule has 34 heavy (non-hydrogen) atoms. The number of aryl methyl sites for hydroxylation is 1. The molecule has 2 fully saturated rings. The SMILES string of the molecule is CC(C)(C)OC(=O)N1C(=O)N(c2cc(Cl)cc(Cl)c2)C(=O)C12CCCC2.Cc1ccc(Br)cc1. The van der Waals surface area contributed by atoms with E-state index < -0.39 is 29.2 Å². The molecule has 2 aromatic rings. The first-order valence-electron chi connectivity index (χ1n) is 10.9. The molecule has 9 heteroatoms. The highest BCUT2D eigenvalue weighted by atomic mass is 79.9. The van der Waals surface area contributed by atoms with E-state index in [2.05, 4.69) is 35.0 Å². The molecule has 1 heterocycles. The van der Waals surface area contributed by atoms with E-state index in [0.29, 0.717) is 22.9 Å². The van der Waals surface area contributed by atoms with Crippen molar-refractivity contribution in [1.29, 1.82) is 0 Å². The van der Waals surface area contributed by atoms with E-state index in [1.165, 1.54) is 23.8 Å². The van der Waals surface area contributed by atoms with Crippen LogP contribution in [0.3, 0.4) is 0 Å². The summed E-state index contributed by atoms with van der Waals surface area (Å²) in [6.07, 6.45) is 1.53. The quantitative estimate of drug-likeness (QED) is 0.329. The van der Waals surface area contributed by atoms with Gasteiger partial charge >= 0.3 is 12.1 Å². The topological polar surface area (TPSA) is 66.9 Å². The standard InChI is InChI=1S/C18H20Cl2N2O4.C7H7Br/c1-17(2,3)26-16(25)22-15(24)21(13-9-11(19)8-12(20)10-13)14(23)18(22)6-4-5-7-18;1-6-2-4-7(8)5-3-6/h8-10H,4-7H2,1-3H3;2-5H,1H3. The molecule has 0 radical (unpaired) electrons. The first-order valence-corrected chi connectivity index (χ1v) is 12.5. The molecule has 0 aromatic heterocycles. The second-order valence-electron chi connectivity index (χ2n) is 9.40. The van der Waals surface area contributed by atoms with Gasteiger partial charge in [-0.3, -0.25) is 4.79 Å². The van der Waals surface area contributed by atoms with Crippen molar-refractivity contribution in [2.45, 2.75) is 64.5 Å². The van der Waals surface area contributed by atoms with Crippen LogP contribution in [0.15, 0.2) is 46.9 Å². The molecule has 1 saturated carbocycles. The lowest BCUT2D eigenvalue weighted by molar-refractivity contribution is -0.124. The Labute approximate surface area is 218 Å². The number of benzene rings is 2. The summed E-state index contributed by atoms with van der Waals surface area (Å²) in [6, 6.07) is 12.0. The van der Waals surface area contributed by atoms with Crippen LogP contribution in [0.5, 0.6) is 0 Å². The highest BCUT2D eigenvalue weighted by molar-refractivity contribution is 9.10. The molecule has 1 aliphatic carbocycles. The number of halogens is 3. The number of amides is 4. The van der Waals surface area contributed by atoms with E-state index in [1.807, 2.05) is 12.1 Å². The van der Waals surface area contributed by atoms with Gasteiger partial charge in [0.1, 0.15) is 11.1 Å². The van der Waals surface area contributed by atoms with Crippen molar-refractivity contribution < 1.29 is 19.1 Å². The number of ether oxygens (including phenoxy) is 1. The smallest absolute Gasteiger partial charge is 0.419 e. The highest BCUT2D eigenvalue weighted by Gasteiger charge is 2.62. The summed E-state index contributed by atoms with van der Waals surface area (Å²) < 4.78 is 6.54. The lowest BCUT2D eigenvalue weighted by Crippen LogP contribution is -2.51. The van der Waals surface area contributed by atoms with Crippen LogP contribution in [0.4, 0.5) is 15.3 Å². The largest absolute Gasteiger partial charge is 0.443 e. The molecular weight excluding hydrogens is 543 g/mol. The molecule has 1 spiro atoms. The maximum atomic E-state index is 13.2. The van der Waals surface area contributed by atoms with Crippen molar-refractivity contribution >= 4 is 62.9 Å². The Morgan fingerprint density at radius 2 is 1.53 bits per heavy atom. The van der Waals surface area contributed by atoms with Crippen LogP contribution in [-0.4, -0.2) is 34.1 Å². The number of rotatable bonds is 1. The molecule has 182 valence electrons. The predicted octanol–water partition coefficient (Wildman–Crippen LogP) is 7.77. The summed E-state index contributed by atoms with van der Waals surface area (Å²) in [4.78, 5) is 41.0. The number of nitrogens with zero attached hydrogens (tertiary/aromatic N) is 2. The number of urea groups is 1. The zero-order chi connectivity index (χ0) is 25.3. The Balaban J connectivity index is 0.000000343. The molecule has 0 unspecified atom stereocenters. The summed E-state index contributed by atoms with van der Waals surface area (Å²) in [6.45, 7) is 7.21. The molecule has 2 aromatic carbocycles. The van der Waals surface area contributed by atoms with Crippen LogP contribution in [0, 0.1) is 6.92 Å². The van der Waals surface area contributed by atoms with Crippen molar-refractivity contribution in [1.82, 2.24) is 4.90 Å². The van der Waals surface area contributed by atoms with E-state index in [1.54, 1.807) is 20.8 Å². The first kappa shape index (κ1) is 26.5. The summed E-state index contributed by atoms with van der Waals surface area (Å²) in [5, 5.41) is 0.591. The maximum absolute atomic E-state index is 13.2. The highest BCUT2D eigenvalue weighted by Crippen LogP contribution is 2.44. The van der Waals surface area contributed by atoms with Gasteiger partial charge in [-0.2, -0.15) is 0 Å². The zero-order valence-corrected chi connectivity index (χ0v) is 22.6. The third kappa shape index (κ3) is 5.75. The second-order valence-corrected chi connectivity index (χ2v) is 11.2.